The van der Waals surface area contributed by atoms with Crippen LogP contribution in [0.2, 0.25) is 0 Å². The van der Waals surface area contributed by atoms with Crippen LogP contribution in [0, 0.1) is 0 Å². The zero-order chi connectivity index (χ0) is 9.56. The van der Waals surface area contributed by atoms with Gasteiger partial charge in [-0.3, -0.25) is 4.79 Å². The maximum absolute atomic E-state index is 11.0. The average molecular weight is 173 g/mol. The van der Waals surface area contributed by atoms with E-state index in [1.807, 2.05) is 14.1 Å². The Hall–Kier alpha value is -0.610. The molecule has 0 aliphatic rings. The van der Waals surface area contributed by atoms with Crippen molar-refractivity contribution in [2.45, 2.75) is 13.0 Å². The molecule has 0 aromatic carbocycles. The molecule has 0 heterocycles. The first-order chi connectivity index (χ1) is 5.57. The zero-order valence-electron chi connectivity index (χ0n) is 8.35. The second-order valence-corrected chi connectivity index (χ2v) is 3.15. The molecule has 0 saturated carbocycles. The minimum Gasteiger partial charge on any atom is -0.353 e. The van der Waals surface area contributed by atoms with Gasteiger partial charge in [0.2, 0.25) is 5.91 Å². The van der Waals surface area contributed by atoms with Crippen LogP contribution in [0.4, 0.5) is 0 Å². The van der Waals surface area contributed by atoms with Crippen molar-refractivity contribution in [2.24, 2.45) is 0 Å². The van der Waals surface area contributed by atoms with Crippen LogP contribution in [0.1, 0.15) is 6.92 Å². The highest BCUT2D eigenvalue weighted by Crippen LogP contribution is 1.87. The number of rotatable bonds is 5. The van der Waals surface area contributed by atoms with Crippen molar-refractivity contribution in [3.05, 3.63) is 0 Å². The van der Waals surface area contributed by atoms with Crippen molar-refractivity contribution in [1.82, 2.24) is 15.5 Å². The van der Waals surface area contributed by atoms with E-state index in [9.17, 15) is 4.79 Å². The van der Waals surface area contributed by atoms with Crippen LogP contribution < -0.4 is 10.6 Å². The number of nitrogens with zero attached hydrogens (tertiary/aromatic N) is 1. The Bertz CT molecular complexity index is 136. The summed E-state index contributed by atoms with van der Waals surface area (Å²) in [5.41, 5.74) is 0. The van der Waals surface area contributed by atoms with E-state index < -0.39 is 0 Å². The van der Waals surface area contributed by atoms with Crippen LogP contribution >= 0.6 is 0 Å². The monoisotopic (exact) mass is 173 g/mol. The number of amides is 1. The molecule has 1 unspecified atom stereocenters. The van der Waals surface area contributed by atoms with Gasteiger partial charge in [0.25, 0.3) is 0 Å². The molecule has 4 nitrogen and oxygen atoms in total. The Balaban J connectivity index is 3.47. The largest absolute Gasteiger partial charge is 0.353 e. The maximum Gasteiger partial charge on any atom is 0.234 e. The molecule has 0 spiro atoms. The summed E-state index contributed by atoms with van der Waals surface area (Å²) < 4.78 is 0. The fraction of sp³-hybridized carbons (Fsp3) is 0.875. The Labute approximate surface area is 74.3 Å². The molecular formula is C8H19N3O. The van der Waals surface area contributed by atoms with Crippen LogP contribution in [0.3, 0.4) is 0 Å². The third-order valence-electron chi connectivity index (χ3n) is 1.81. The molecule has 0 rings (SSSR count). The highest BCUT2D eigenvalue weighted by atomic mass is 16.1. The molecule has 2 N–H and O–H groups in total. The van der Waals surface area contributed by atoms with Crippen molar-refractivity contribution in [1.29, 1.82) is 0 Å². The second-order valence-electron chi connectivity index (χ2n) is 3.15. The summed E-state index contributed by atoms with van der Waals surface area (Å²) >= 11 is 0. The summed E-state index contributed by atoms with van der Waals surface area (Å²) in [7, 11) is 5.75. The number of nitrogens with one attached hydrogen (secondary N) is 2. The molecule has 1 atom stereocenters. The lowest BCUT2D eigenvalue weighted by atomic mass is 10.3. The van der Waals surface area contributed by atoms with Gasteiger partial charge in [-0.25, -0.2) is 0 Å². The Morgan fingerprint density at radius 1 is 1.50 bits per heavy atom. The SMILES string of the molecule is CNCC(=O)NCC(C)N(C)C. The normalized spacial score (nSPS) is 13.1. The first kappa shape index (κ1) is 11.4. The smallest absolute Gasteiger partial charge is 0.234 e. The average Bonchev–Trinajstić information content (AvgIpc) is 2.00. The summed E-state index contributed by atoms with van der Waals surface area (Å²) in [6.45, 7) is 3.16. The molecule has 72 valence electrons. The number of hydrogen-bond donors (Lipinski definition) is 2. The van der Waals surface area contributed by atoms with Gasteiger partial charge in [-0.1, -0.05) is 0 Å². The van der Waals surface area contributed by atoms with Crippen LogP contribution in [0.15, 0.2) is 0 Å². The highest BCUT2D eigenvalue weighted by molar-refractivity contribution is 5.77. The van der Waals surface area contributed by atoms with E-state index in [1.54, 1.807) is 7.05 Å². The summed E-state index contributed by atoms with van der Waals surface area (Å²) in [6.07, 6.45) is 0. The molecule has 0 aliphatic heterocycles. The zero-order valence-corrected chi connectivity index (χ0v) is 8.35. The molecule has 4 heteroatoms. The highest BCUT2D eigenvalue weighted by Gasteiger charge is 2.05. The van der Waals surface area contributed by atoms with E-state index in [0.717, 1.165) is 0 Å². The molecular weight excluding hydrogens is 154 g/mol. The summed E-state index contributed by atoms with van der Waals surface area (Å²) in [5.74, 6) is 0.0474. The Morgan fingerprint density at radius 2 is 2.08 bits per heavy atom. The third-order valence-corrected chi connectivity index (χ3v) is 1.81. The fourth-order valence-electron chi connectivity index (χ4n) is 0.667. The van der Waals surface area contributed by atoms with E-state index in [1.165, 1.54) is 0 Å². The Morgan fingerprint density at radius 3 is 2.50 bits per heavy atom. The first-order valence-electron chi connectivity index (χ1n) is 4.15. The summed E-state index contributed by atoms with van der Waals surface area (Å²) in [5, 5.41) is 5.62. The fourth-order valence-corrected chi connectivity index (χ4v) is 0.667. The third kappa shape index (κ3) is 5.09. The van der Waals surface area contributed by atoms with Crippen molar-refractivity contribution in [3.63, 3.8) is 0 Å². The molecule has 12 heavy (non-hydrogen) atoms. The molecule has 0 bridgehead atoms. The van der Waals surface area contributed by atoms with Gasteiger partial charge in [-0.2, -0.15) is 0 Å². The van der Waals surface area contributed by atoms with Gasteiger partial charge >= 0.3 is 0 Å². The van der Waals surface area contributed by atoms with Gasteiger partial charge in [0.05, 0.1) is 6.54 Å². The predicted molar refractivity (Wildman–Crippen MR) is 50.1 cm³/mol. The Kier molecular flexibility index (Phi) is 5.66. The molecule has 1 amide bonds. The van der Waals surface area contributed by atoms with Gasteiger partial charge in [0.15, 0.2) is 0 Å². The predicted octanol–water partition coefficient (Wildman–Crippen LogP) is -0.728. The van der Waals surface area contributed by atoms with Gasteiger partial charge < -0.3 is 15.5 Å². The molecule has 0 aliphatic carbocycles. The molecule has 0 saturated heterocycles. The molecule has 0 aromatic heterocycles. The van der Waals surface area contributed by atoms with Crippen LogP contribution in [0.25, 0.3) is 0 Å². The maximum atomic E-state index is 11.0. The lowest BCUT2D eigenvalue weighted by molar-refractivity contribution is -0.120. The van der Waals surface area contributed by atoms with E-state index in [4.69, 9.17) is 0 Å². The van der Waals surface area contributed by atoms with Gasteiger partial charge in [-0.05, 0) is 28.1 Å². The van der Waals surface area contributed by atoms with E-state index >= 15 is 0 Å². The van der Waals surface area contributed by atoms with Crippen molar-refractivity contribution < 1.29 is 4.79 Å². The van der Waals surface area contributed by atoms with Crippen LogP contribution in [0.5, 0.6) is 0 Å². The molecule has 0 radical (unpaired) electrons. The topological polar surface area (TPSA) is 44.4 Å². The second kappa shape index (κ2) is 5.97. The standard InChI is InChI=1S/C8H19N3O/c1-7(11(3)4)5-10-8(12)6-9-2/h7,9H,5-6H2,1-4H3,(H,10,12). The molecule has 0 aromatic rings. The minimum absolute atomic E-state index is 0.0474. The summed E-state index contributed by atoms with van der Waals surface area (Å²) in [6, 6.07) is 0.380. The number of carbonyl (C=O) groups is 1. The van der Waals surface area contributed by atoms with Crippen molar-refractivity contribution in [2.75, 3.05) is 34.2 Å². The van der Waals surface area contributed by atoms with E-state index in [2.05, 4.69) is 22.5 Å². The number of likely N-dealkylation sites (N-methyl/N-ethyl adjacent to an activating group) is 2. The lowest BCUT2D eigenvalue weighted by Gasteiger charge is -2.19. The van der Waals surface area contributed by atoms with Gasteiger partial charge in [0, 0.05) is 12.6 Å². The van der Waals surface area contributed by atoms with E-state index in [-0.39, 0.29) is 5.91 Å². The van der Waals surface area contributed by atoms with E-state index in [0.29, 0.717) is 19.1 Å². The van der Waals surface area contributed by atoms with Crippen molar-refractivity contribution in [3.8, 4) is 0 Å². The van der Waals surface area contributed by atoms with Gasteiger partial charge in [0.1, 0.15) is 0 Å². The minimum atomic E-state index is 0.0474. The molecule has 0 fully saturated rings. The number of carbonyl (C=O) groups excluding carboxylic acids is 1. The summed E-state index contributed by atoms with van der Waals surface area (Å²) in [4.78, 5) is 13.0. The quantitative estimate of drug-likeness (QED) is 0.576. The lowest BCUT2D eigenvalue weighted by Crippen LogP contribution is -2.41. The number of hydrogen-bond acceptors (Lipinski definition) is 3. The van der Waals surface area contributed by atoms with Crippen molar-refractivity contribution >= 4 is 5.91 Å². The first-order valence-corrected chi connectivity index (χ1v) is 4.15. The van der Waals surface area contributed by atoms with Gasteiger partial charge in [-0.15, -0.1) is 0 Å². The van der Waals surface area contributed by atoms with Crippen LogP contribution in [-0.4, -0.2) is 51.1 Å². The van der Waals surface area contributed by atoms with Crippen LogP contribution in [-0.2, 0) is 4.79 Å².